The first-order chi connectivity index (χ1) is 6.91. The van der Waals surface area contributed by atoms with Crippen molar-refractivity contribution in [3.63, 3.8) is 0 Å². The summed E-state index contributed by atoms with van der Waals surface area (Å²) >= 11 is 0. The molecule has 15 heavy (non-hydrogen) atoms. The fraction of sp³-hybridized carbons (Fsp3) is 0.667. The molecule has 0 spiro atoms. The summed E-state index contributed by atoms with van der Waals surface area (Å²) in [7, 11) is 0. The Hall–Kier alpha value is -1.04. The molecule has 1 aliphatic heterocycles. The quantitative estimate of drug-likeness (QED) is 0.309. The fourth-order valence-corrected chi connectivity index (χ4v) is 1.13. The van der Waals surface area contributed by atoms with Gasteiger partial charge in [-0.2, -0.15) is 13.2 Å². The van der Waals surface area contributed by atoms with Crippen LogP contribution in [-0.2, 0) is 14.3 Å². The van der Waals surface area contributed by atoms with Gasteiger partial charge in [0.25, 0.3) is 0 Å². The van der Waals surface area contributed by atoms with Gasteiger partial charge in [-0.15, -0.1) is 0 Å². The summed E-state index contributed by atoms with van der Waals surface area (Å²) in [6, 6.07) is 0. The van der Waals surface area contributed by atoms with E-state index in [4.69, 9.17) is 0 Å². The molecule has 0 amide bonds. The Bertz CT molecular complexity index is 256. The minimum Gasteiger partial charge on any atom is -0.463 e. The Morgan fingerprint density at radius 3 is 2.60 bits per heavy atom. The Morgan fingerprint density at radius 2 is 2.20 bits per heavy atom. The highest BCUT2D eigenvalue weighted by Crippen LogP contribution is 2.46. The van der Waals surface area contributed by atoms with Crippen molar-refractivity contribution in [2.75, 3.05) is 13.2 Å². The third-order valence-corrected chi connectivity index (χ3v) is 2.15. The lowest BCUT2D eigenvalue weighted by Crippen LogP contribution is -2.33. The second-order valence-electron chi connectivity index (χ2n) is 3.26. The molecule has 0 bridgehead atoms. The summed E-state index contributed by atoms with van der Waals surface area (Å²) in [4.78, 5) is 10.6. The molecule has 0 radical (unpaired) electrons. The van der Waals surface area contributed by atoms with E-state index < -0.39 is 17.7 Å². The van der Waals surface area contributed by atoms with Crippen LogP contribution in [0.25, 0.3) is 0 Å². The Morgan fingerprint density at radius 1 is 1.60 bits per heavy atom. The van der Waals surface area contributed by atoms with Crippen molar-refractivity contribution in [2.24, 2.45) is 0 Å². The molecule has 1 atom stereocenters. The van der Waals surface area contributed by atoms with Crippen LogP contribution in [0.15, 0.2) is 12.7 Å². The maximum Gasteiger partial charge on any atom is 0.419 e. The number of alkyl halides is 3. The minimum atomic E-state index is -4.34. The number of hydrogen-bond acceptors (Lipinski definition) is 3. The SMILES string of the molecule is C=CC(=O)OCCCC1(C(F)(F)F)CO1. The third-order valence-electron chi connectivity index (χ3n) is 2.15. The van der Waals surface area contributed by atoms with Crippen molar-refractivity contribution in [3.05, 3.63) is 12.7 Å². The molecular formula is C9H11F3O3. The zero-order valence-electron chi connectivity index (χ0n) is 7.97. The van der Waals surface area contributed by atoms with E-state index in [2.05, 4.69) is 16.1 Å². The van der Waals surface area contributed by atoms with E-state index in [1.54, 1.807) is 0 Å². The van der Waals surface area contributed by atoms with E-state index >= 15 is 0 Å². The van der Waals surface area contributed by atoms with Gasteiger partial charge >= 0.3 is 12.1 Å². The van der Waals surface area contributed by atoms with Crippen LogP contribution in [0.2, 0.25) is 0 Å². The normalized spacial score (nSPS) is 24.7. The Balaban J connectivity index is 2.21. The number of halogens is 3. The maximum atomic E-state index is 12.3. The molecule has 3 nitrogen and oxygen atoms in total. The van der Waals surface area contributed by atoms with Gasteiger partial charge < -0.3 is 9.47 Å². The van der Waals surface area contributed by atoms with Crippen LogP contribution in [-0.4, -0.2) is 31.0 Å². The number of carbonyl (C=O) groups is 1. The number of epoxide rings is 1. The molecule has 0 aromatic rings. The number of esters is 1. The van der Waals surface area contributed by atoms with Gasteiger partial charge in [0.2, 0.25) is 0 Å². The summed E-state index contributed by atoms with van der Waals surface area (Å²) in [5.41, 5.74) is -1.99. The van der Waals surface area contributed by atoms with E-state index in [0.717, 1.165) is 6.08 Å². The Kier molecular flexibility index (Phi) is 3.38. The third kappa shape index (κ3) is 2.95. The summed E-state index contributed by atoms with van der Waals surface area (Å²) in [6.07, 6.45) is -3.43. The van der Waals surface area contributed by atoms with E-state index in [0.29, 0.717) is 0 Å². The zero-order valence-corrected chi connectivity index (χ0v) is 7.97. The molecule has 1 rings (SSSR count). The van der Waals surface area contributed by atoms with Crippen molar-refractivity contribution >= 4 is 5.97 Å². The first-order valence-electron chi connectivity index (χ1n) is 4.41. The molecule has 0 aliphatic carbocycles. The highest BCUT2D eigenvalue weighted by Gasteiger charge is 2.65. The molecule has 0 aromatic heterocycles. The summed E-state index contributed by atoms with van der Waals surface area (Å²) < 4.78 is 45.9. The number of carbonyl (C=O) groups excluding carboxylic acids is 1. The Labute approximate surface area is 84.8 Å². The standard InChI is InChI=1S/C9H11F3O3/c1-2-7(13)14-5-3-4-8(6-15-8)9(10,11)12/h2H,1,3-6H2. The minimum absolute atomic E-state index is 0.0496. The van der Waals surface area contributed by atoms with Crippen LogP contribution in [0.1, 0.15) is 12.8 Å². The molecule has 0 saturated carbocycles. The number of ether oxygens (including phenoxy) is 2. The van der Waals surface area contributed by atoms with Crippen molar-refractivity contribution in [3.8, 4) is 0 Å². The molecule has 1 saturated heterocycles. The second-order valence-corrected chi connectivity index (χ2v) is 3.26. The molecule has 0 aromatic carbocycles. The highest BCUT2D eigenvalue weighted by molar-refractivity contribution is 5.81. The van der Waals surface area contributed by atoms with Gasteiger partial charge in [-0.05, 0) is 12.8 Å². The van der Waals surface area contributed by atoms with Gasteiger partial charge in [0.05, 0.1) is 13.2 Å². The van der Waals surface area contributed by atoms with Crippen LogP contribution in [0, 0.1) is 0 Å². The molecule has 1 heterocycles. The van der Waals surface area contributed by atoms with Gasteiger partial charge in [0.15, 0.2) is 5.60 Å². The largest absolute Gasteiger partial charge is 0.463 e. The lowest BCUT2D eigenvalue weighted by Gasteiger charge is -2.15. The first kappa shape index (κ1) is 12.0. The van der Waals surface area contributed by atoms with Gasteiger partial charge in [-0.1, -0.05) is 6.58 Å². The van der Waals surface area contributed by atoms with Gasteiger partial charge in [0, 0.05) is 6.08 Å². The monoisotopic (exact) mass is 224 g/mol. The molecule has 1 unspecified atom stereocenters. The number of hydrogen-bond donors (Lipinski definition) is 0. The predicted octanol–water partition coefficient (Wildman–Crippen LogP) is 1.83. The predicted molar refractivity (Wildman–Crippen MR) is 45.1 cm³/mol. The molecular weight excluding hydrogens is 213 g/mol. The average Bonchev–Trinajstić information content (AvgIpc) is 2.92. The zero-order chi connectivity index (χ0) is 11.5. The van der Waals surface area contributed by atoms with Crippen molar-refractivity contribution in [1.82, 2.24) is 0 Å². The van der Waals surface area contributed by atoms with Crippen molar-refractivity contribution < 1.29 is 27.4 Å². The van der Waals surface area contributed by atoms with Crippen LogP contribution in [0.4, 0.5) is 13.2 Å². The second kappa shape index (κ2) is 4.22. The van der Waals surface area contributed by atoms with E-state index in [9.17, 15) is 18.0 Å². The molecule has 0 N–H and O–H groups in total. The molecule has 1 fully saturated rings. The summed E-state index contributed by atoms with van der Waals surface area (Å²) in [5, 5.41) is 0. The van der Waals surface area contributed by atoms with E-state index in [1.807, 2.05) is 0 Å². The van der Waals surface area contributed by atoms with Gasteiger partial charge in [-0.3, -0.25) is 0 Å². The summed E-state index contributed by atoms with van der Waals surface area (Å²) in [6.45, 7) is 2.81. The lowest BCUT2D eigenvalue weighted by atomic mass is 10.0. The van der Waals surface area contributed by atoms with Gasteiger partial charge in [-0.25, -0.2) is 4.79 Å². The average molecular weight is 224 g/mol. The number of rotatable bonds is 5. The topological polar surface area (TPSA) is 38.8 Å². The maximum absolute atomic E-state index is 12.3. The van der Waals surface area contributed by atoms with Crippen LogP contribution < -0.4 is 0 Å². The van der Waals surface area contributed by atoms with Crippen LogP contribution >= 0.6 is 0 Å². The lowest BCUT2D eigenvalue weighted by molar-refractivity contribution is -0.186. The summed E-state index contributed by atoms with van der Waals surface area (Å²) in [5.74, 6) is -0.632. The fourth-order valence-electron chi connectivity index (χ4n) is 1.13. The van der Waals surface area contributed by atoms with Gasteiger partial charge in [0.1, 0.15) is 0 Å². The molecule has 1 aliphatic rings. The molecule has 86 valence electrons. The van der Waals surface area contributed by atoms with Crippen molar-refractivity contribution in [2.45, 2.75) is 24.6 Å². The van der Waals surface area contributed by atoms with Crippen LogP contribution in [0.5, 0.6) is 0 Å². The van der Waals surface area contributed by atoms with E-state index in [1.165, 1.54) is 0 Å². The smallest absolute Gasteiger partial charge is 0.419 e. The van der Waals surface area contributed by atoms with E-state index in [-0.39, 0.29) is 26.1 Å². The van der Waals surface area contributed by atoms with Crippen LogP contribution in [0.3, 0.4) is 0 Å². The first-order valence-corrected chi connectivity index (χ1v) is 4.41. The highest BCUT2D eigenvalue weighted by atomic mass is 19.4. The molecule has 6 heteroatoms. The van der Waals surface area contributed by atoms with Crippen molar-refractivity contribution in [1.29, 1.82) is 0 Å².